The molecule has 0 atom stereocenters. The Balaban J connectivity index is 1.50. The van der Waals surface area contributed by atoms with Gasteiger partial charge in [0, 0.05) is 5.54 Å². The first-order valence-electron chi connectivity index (χ1n) is 8.84. The van der Waals surface area contributed by atoms with E-state index < -0.39 is 17.3 Å². The SMILES string of the molecule is CC(C)(NCc1nnnn1-c1ccc(C(F)(F)F)cc1)c1ccc2c(c1)OCO2. The number of alkyl halides is 3. The standard InChI is InChI=1S/C19H18F3N5O2/c1-18(2,13-5-8-15-16(9-13)29-11-28-15)23-10-17-24-25-26-27(17)14-6-3-12(4-7-14)19(20,21)22/h3-9,23H,10-11H2,1-2H3. The second kappa shape index (κ2) is 7.03. The Morgan fingerprint density at radius 2 is 1.69 bits per heavy atom. The molecule has 0 unspecified atom stereocenters. The molecule has 29 heavy (non-hydrogen) atoms. The molecule has 2 aromatic carbocycles. The molecule has 0 saturated heterocycles. The number of rotatable bonds is 5. The Morgan fingerprint density at radius 3 is 2.41 bits per heavy atom. The van der Waals surface area contributed by atoms with Crippen LogP contribution in [0.25, 0.3) is 5.69 Å². The minimum Gasteiger partial charge on any atom is -0.454 e. The zero-order valence-electron chi connectivity index (χ0n) is 15.7. The fourth-order valence-electron chi connectivity index (χ4n) is 3.00. The Kier molecular flexibility index (Phi) is 4.65. The first-order chi connectivity index (χ1) is 13.7. The molecule has 3 aromatic rings. The summed E-state index contributed by atoms with van der Waals surface area (Å²) in [6, 6.07) is 10.4. The van der Waals surface area contributed by atoms with Crippen molar-refractivity contribution in [3.63, 3.8) is 0 Å². The van der Waals surface area contributed by atoms with Crippen molar-refractivity contribution in [2.45, 2.75) is 32.1 Å². The summed E-state index contributed by atoms with van der Waals surface area (Å²) in [6.45, 7) is 4.50. The van der Waals surface area contributed by atoms with E-state index in [1.165, 1.54) is 16.8 Å². The van der Waals surface area contributed by atoms with Gasteiger partial charge in [0.05, 0.1) is 17.8 Å². The maximum absolute atomic E-state index is 12.8. The molecule has 0 fully saturated rings. The van der Waals surface area contributed by atoms with Crippen LogP contribution in [-0.2, 0) is 18.3 Å². The smallest absolute Gasteiger partial charge is 0.416 e. The predicted molar refractivity (Wildman–Crippen MR) is 96.6 cm³/mol. The lowest BCUT2D eigenvalue weighted by Gasteiger charge is -2.27. The van der Waals surface area contributed by atoms with Crippen LogP contribution < -0.4 is 14.8 Å². The van der Waals surface area contributed by atoms with Crippen molar-refractivity contribution in [3.8, 4) is 17.2 Å². The molecule has 0 radical (unpaired) electrons. The quantitative estimate of drug-likeness (QED) is 0.701. The topological polar surface area (TPSA) is 74.1 Å². The second-order valence-corrected chi connectivity index (χ2v) is 7.10. The van der Waals surface area contributed by atoms with E-state index in [2.05, 4.69) is 20.8 Å². The molecule has 2 heterocycles. The lowest BCUT2D eigenvalue weighted by molar-refractivity contribution is -0.137. The van der Waals surface area contributed by atoms with Gasteiger partial charge >= 0.3 is 6.18 Å². The van der Waals surface area contributed by atoms with Crippen LogP contribution in [0.5, 0.6) is 11.5 Å². The van der Waals surface area contributed by atoms with Gasteiger partial charge in [0.15, 0.2) is 17.3 Å². The Bertz CT molecular complexity index is 1020. The van der Waals surface area contributed by atoms with Crippen molar-refractivity contribution in [3.05, 3.63) is 59.4 Å². The number of hydrogen-bond donors (Lipinski definition) is 1. The van der Waals surface area contributed by atoms with Crippen LogP contribution in [0.3, 0.4) is 0 Å². The molecule has 1 aliphatic rings. The first-order valence-corrected chi connectivity index (χ1v) is 8.84. The normalized spacial score (nSPS) is 13.7. The molecule has 152 valence electrons. The summed E-state index contributed by atoms with van der Waals surface area (Å²) in [5.41, 5.74) is 0.256. The van der Waals surface area contributed by atoms with Gasteiger partial charge in [0.1, 0.15) is 0 Å². The Morgan fingerprint density at radius 1 is 1.00 bits per heavy atom. The van der Waals surface area contributed by atoms with Crippen molar-refractivity contribution in [1.82, 2.24) is 25.5 Å². The first kappa shape index (κ1) is 19.2. The van der Waals surface area contributed by atoms with Gasteiger partial charge in [-0.2, -0.15) is 17.9 Å². The molecule has 0 aliphatic carbocycles. The van der Waals surface area contributed by atoms with Crippen LogP contribution in [0, 0.1) is 0 Å². The largest absolute Gasteiger partial charge is 0.454 e. The van der Waals surface area contributed by atoms with Crippen molar-refractivity contribution in [2.24, 2.45) is 0 Å². The predicted octanol–water partition coefficient (Wildman–Crippen LogP) is 3.43. The van der Waals surface area contributed by atoms with Crippen LogP contribution in [0.15, 0.2) is 42.5 Å². The summed E-state index contributed by atoms with van der Waals surface area (Å²) in [5.74, 6) is 1.86. The average molecular weight is 405 g/mol. The summed E-state index contributed by atoms with van der Waals surface area (Å²) in [5, 5.41) is 14.9. The molecule has 10 heteroatoms. The summed E-state index contributed by atoms with van der Waals surface area (Å²) < 4.78 is 50.5. The van der Waals surface area contributed by atoms with Gasteiger partial charge < -0.3 is 14.8 Å². The van der Waals surface area contributed by atoms with Crippen molar-refractivity contribution < 1.29 is 22.6 Å². The summed E-state index contributed by atoms with van der Waals surface area (Å²) in [4.78, 5) is 0. The number of ether oxygens (including phenoxy) is 2. The molecular formula is C19H18F3N5O2. The highest BCUT2D eigenvalue weighted by atomic mass is 19.4. The van der Waals surface area contributed by atoms with Crippen LogP contribution in [0.2, 0.25) is 0 Å². The second-order valence-electron chi connectivity index (χ2n) is 7.10. The molecule has 0 saturated carbocycles. The number of fused-ring (bicyclic) bond motifs is 1. The van der Waals surface area contributed by atoms with E-state index in [1.54, 1.807) is 0 Å². The average Bonchev–Trinajstić information content (AvgIpc) is 3.34. The molecular weight excluding hydrogens is 387 g/mol. The van der Waals surface area contributed by atoms with Gasteiger partial charge in [-0.15, -0.1) is 5.10 Å². The van der Waals surface area contributed by atoms with Crippen molar-refractivity contribution >= 4 is 0 Å². The number of nitrogens with one attached hydrogen (secondary N) is 1. The molecule has 0 bridgehead atoms. The lowest BCUT2D eigenvalue weighted by Crippen LogP contribution is -2.36. The highest BCUT2D eigenvalue weighted by Gasteiger charge is 2.30. The van der Waals surface area contributed by atoms with Crippen LogP contribution in [0.4, 0.5) is 13.2 Å². The van der Waals surface area contributed by atoms with E-state index in [1.807, 2.05) is 32.0 Å². The van der Waals surface area contributed by atoms with Crippen LogP contribution in [0.1, 0.15) is 30.8 Å². The number of hydrogen-bond acceptors (Lipinski definition) is 6. The van der Waals surface area contributed by atoms with E-state index in [0.717, 1.165) is 17.7 Å². The minimum absolute atomic E-state index is 0.203. The molecule has 0 spiro atoms. The third-order valence-corrected chi connectivity index (χ3v) is 4.76. The third kappa shape index (κ3) is 3.88. The van der Waals surface area contributed by atoms with Gasteiger partial charge in [-0.3, -0.25) is 0 Å². The van der Waals surface area contributed by atoms with E-state index in [-0.39, 0.29) is 6.79 Å². The highest BCUT2D eigenvalue weighted by molar-refractivity contribution is 5.46. The van der Waals surface area contributed by atoms with E-state index in [4.69, 9.17) is 9.47 Å². The van der Waals surface area contributed by atoms with Gasteiger partial charge in [-0.05, 0) is 66.2 Å². The monoisotopic (exact) mass is 405 g/mol. The minimum atomic E-state index is -4.39. The summed E-state index contributed by atoms with van der Waals surface area (Å²) in [7, 11) is 0. The Labute approximate surface area is 164 Å². The number of halogens is 3. The molecule has 1 N–H and O–H groups in total. The number of tetrazole rings is 1. The van der Waals surface area contributed by atoms with Gasteiger partial charge in [0.2, 0.25) is 6.79 Å². The highest BCUT2D eigenvalue weighted by Crippen LogP contribution is 2.35. The zero-order chi connectivity index (χ0) is 20.6. The van der Waals surface area contributed by atoms with Gasteiger partial charge in [0.25, 0.3) is 0 Å². The van der Waals surface area contributed by atoms with Crippen molar-refractivity contribution in [1.29, 1.82) is 0 Å². The summed E-state index contributed by atoms with van der Waals surface area (Å²) >= 11 is 0. The van der Waals surface area contributed by atoms with Gasteiger partial charge in [-0.25, -0.2) is 0 Å². The third-order valence-electron chi connectivity index (χ3n) is 4.76. The number of nitrogens with zero attached hydrogens (tertiary/aromatic N) is 4. The van der Waals surface area contributed by atoms with E-state index in [0.29, 0.717) is 29.6 Å². The molecule has 1 aliphatic heterocycles. The van der Waals surface area contributed by atoms with E-state index in [9.17, 15) is 13.2 Å². The maximum Gasteiger partial charge on any atom is 0.416 e. The molecule has 1 aromatic heterocycles. The van der Waals surface area contributed by atoms with Crippen molar-refractivity contribution in [2.75, 3.05) is 6.79 Å². The fraction of sp³-hybridized carbons (Fsp3) is 0.316. The van der Waals surface area contributed by atoms with Crippen LogP contribution >= 0.6 is 0 Å². The molecule has 4 rings (SSSR count). The fourth-order valence-corrected chi connectivity index (χ4v) is 3.00. The number of aromatic nitrogens is 4. The molecule has 7 nitrogen and oxygen atoms in total. The zero-order valence-corrected chi connectivity index (χ0v) is 15.7. The van der Waals surface area contributed by atoms with Gasteiger partial charge in [-0.1, -0.05) is 6.07 Å². The van der Waals surface area contributed by atoms with E-state index >= 15 is 0 Å². The molecule has 0 amide bonds. The number of benzene rings is 2. The summed E-state index contributed by atoms with van der Waals surface area (Å²) in [6.07, 6.45) is -4.39. The lowest BCUT2D eigenvalue weighted by atomic mass is 9.94. The van der Waals surface area contributed by atoms with Crippen LogP contribution in [-0.4, -0.2) is 27.0 Å². The Hall–Kier alpha value is -3.14. The maximum atomic E-state index is 12.8.